The van der Waals surface area contributed by atoms with Gasteiger partial charge in [-0.05, 0) is 30.2 Å². The fraction of sp³-hybridized carbons (Fsp3) is 0.143. The van der Waals surface area contributed by atoms with E-state index >= 15 is 0 Å². The third kappa shape index (κ3) is 2.70. The molecule has 0 amide bonds. The Bertz CT molecular complexity index is 675. The minimum atomic E-state index is -0.204. The predicted molar refractivity (Wildman–Crippen MR) is 71.6 cm³/mol. The van der Waals surface area contributed by atoms with Crippen LogP contribution in [0.2, 0.25) is 0 Å². The molecule has 5 heteroatoms. The van der Waals surface area contributed by atoms with Gasteiger partial charge in [0.1, 0.15) is 11.6 Å². The lowest BCUT2D eigenvalue weighted by Gasteiger charge is -2.06. The predicted octanol–water partition coefficient (Wildman–Crippen LogP) is 2.52. The second kappa shape index (κ2) is 5.06. The molecule has 0 radical (unpaired) electrons. The Morgan fingerprint density at radius 2 is 1.95 bits per heavy atom. The number of nitrogens with zero attached hydrogens (tertiary/aromatic N) is 3. The molecule has 96 valence electrons. The molecule has 3 rings (SSSR count). The van der Waals surface area contributed by atoms with E-state index < -0.39 is 0 Å². The summed E-state index contributed by atoms with van der Waals surface area (Å²) < 4.78 is 14.5. The summed E-state index contributed by atoms with van der Waals surface area (Å²) in [6.45, 7) is 0.753. The number of hydrogen-bond donors (Lipinski definition) is 1. The first kappa shape index (κ1) is 11.6. The van der Waals surface area contributed by atoms with Crippen LogP contribution in [0.25, 0.3) is 5.65 Å². The van der Waals surface area contributed by atoms with Gasteiger partial charge < -0.3 is 5.32 Å². The van der Waals surface area contributed by atoms with Crippen molar-refractivity contribution in [2.45, 2.75) is 6.42 Å². The Morgan fingerprint density at radius 3 is 2.79 bits per heavy atom. The minimum absolute atomic E-state index is 0.204. The van der Waals surface area contributed by atoms with E-state index in [-0.39, 0.29) is 5.82 Å². The van der Waals surface area contributed by atoms with Gasteiger partial charge in [-0.15, -0.1) is 0 Å². The molecular weight excluding hydrogens is 243 g/mol. The number of rotatable bonds is 4. The van der Waals surface area contributed by atoms with Gasteiger partial charge in [0.05, 0.1) is 6.20 Å². The van der Waals surface area contributed by atoms with Gasteiger partial charge in [0, 0.05) is 18.8 Å². The summed E-state index contributed by atoms with van der Waals surface area (Å²) in [4.78, 5) is 4.41. The fourth-order valence-electron chi connectivity index (χ4n) is 1.90. The largest absolute Gasteiger partial charge is 0.370 e. The fourth-order valence-corrected chi connectivity index (χ4v) is 1.90. The van der Waals surface area contributed by atoms with Crippen LogP contribution in [0.5, 0.6) is 0 Å². The van der Waals surface area contributed by atoms with E-state index in [1.165, 1.54) is 12.1 Å². The minimum Gasteiger partial charge on any atom is -0.370 e. The summed E-state index contributed by atoms with van der Waals surface area (Å²) in [7, 11) is 0. The highest BCUT2D eigenvalue weighted by Crippen LogP contribution is 2.07. The maximum absolute atomic E-state index is 12.8. The molecule has 0 spiro atoms. The SMILES string of the molecule is Fc1ccc(CCNc2ccn3nccc3n2)cc1. The average Bonchev–Trinajstić information content (AvgIpc) is 2.88. The molecule has 0 bridgehead atoms. The lowest BCUT2D eigenvalue weighted by atomic mass is 10.1. The summed E-state index contributed by atoms with van der Waals surface area (Å²) >= 11 is 0. The van der Waals surface area contributed by atoms with Crippen LogP contribution in [0.15, 0.2) is 48.8 Å². The smallest absolute Gasteiger partial charge is 0.157 e. The van der Waals surface area contributed by atoms with Gasteiger partial charge in [-0.3, -0.25) is 0 Å². The van der Waals surface area contributed by atoms with Crippen molar-refractivity contribution in [2.24, 2.45) is 0 Å². The summed E-state index contributed by atoms with van der Waals surface area (Å²) in [6.07, 6.45) is 4.40. The van der Waals surface area contributed by atoms with Crippen LogP contribution in [0, 0.1) is 5.82 Å². The molecule has 0 aliphatic carbocycles. The molecule has 4 nitrogen and oxygen atoms in total. The quantitative estimate of drug-likeness (QED) is 0.780. The molecule has 0 unspecified atom stereocenters. The number of halogens is 1. The first-order chi connectivity index (χ1) is 9.31. The van der Waals surface area contributed by atoms with Crippen molar-refractivity contribution in [2.75, 3.05) is 11.9 Å². The first-order valence-electron chi connectivity index (χ1n) is 6.10. The van der Waals surface area contributed by atoms with Crippen molar-refractivity contribution in [3.63, 3.8) is 0 Å². The number of fused-ring (bicyclic) bond motifs is 1. The molecule has 2 aromatic heterocycles. The van der Waals surface area contributed by atoms with E-state index in [1.54, 1.807) is 22.8 Å². The lowest BCUT2D eigenvalue weighted by Crippen LogP contribution is -2.07. The first-order valence-corrected chi connectivity index (χ1v) is 6.10. The summed E-state index contributed by atoms with van der Waals surface area (Å²) in [5.41, 5.74) is 1.91. The Labute approximate surface area is 109 Å². The van der Waals surface area contributed by atoms with Crippen LogP contribution >= 0.6 is 0 Å². The average molecular weight is 256 g/mol. The van der Waals surface area contributed by atoms with Crippen molar-refractivity contribution >= 4 is 11.5 Å². The Balaban J connectivity index is 1.61. The van der Waals surface area contributed by atoms with E-state index in [0.29, 0.717) is 0 Å². The van der Waals surface area contributed by atoms with E-state index in [9.17, 15) is 4.39 Å². The highest BCUT2D eigenvalue weighted by Gasteiger charge is 1.98. The topological polar surface area (TPSA) is 42.2 Å². The molecule has 0 aliphatic heterocycles. The second-order valence-corrected chi connectivity index (χ2v) is 4.25. The number of aromatic nitrogens is 3. The molecule has 0 fully saturated rings. The van der Waals surface area contributed by atoms with Crippen LogP contribution in [0.4, 0.5) is 10.2 Å². The number of benzene rings is 1. The summed E-state index contributed by atoms with van der Waals surface area (Å²) in [5, 5.41) is 7.33. The third-order valence-corrected chi connectivity index (χ3v) is 2.89. The zero-order valence-corrected chi connectivity index (χ0v) is 10.3. The van der Waals surface area contributed by atoms with Gasteiger partial charge in [0.2, 0.25) is 0 Å². The number of nitrogens with one attached hydrogen (secondary N) is 1. The highest BCUT2D eigenvalue weighted by atomic mass is 19.1. The monoisotopic (exact) mass is 256 g/mol. The number of anilines is 1. The van der Waals surface area contributed by atoms with Crippen molar-refractivity contribution in [1.82, 2.24) is 14.6 Å². The molecule has 0 saturated heterocycles. The van der Waals surface area contributed by atoms with Crippen LogP contribution < -0.4 is 5.32 Å². The van der Waals surface area contributed by atoms with E-state index in [4.69, 9.17) is 0 Å². The van der Waals surface area contributed by atoms with Crippen molar-refractivity contribution in [1.29, 1.82) is 0 Å². The second-order valence-electron chi connectivity index (χ2n) is 4.25. The van der Waals surface area contributed by atoms with Crippen molar-refractivity contribution < 1.29 is 4.39 Å². The zero-order valence-electron chi connectivity index (χ0n) is 10.3. The van der Waals surface area contributed by atoms with E-state index in [2.05, 4.69) is 15.4 Å². The Hall–Kier alpha value is -2.43. The third-order valence-electron chi connectivity index (χ3n) is 2.89. The van der Waals surface area contributed by atoms with Crippen LogP contribution in [0.1, 0.15) is 5.56 Å². The summed E-state index contributed by atoms with van der Waals surface area (Å²) in [6, 6.07) is 10.3. The molecule has 3 aromatic rings. The molecule has 0 saturated carbocycles. The standard InChI is InChI=1S/C14H13FN4/c15-12-3-1-11(2-4-12)5-8-16-13-7-10-19-14(18-13)6-9-17-19/h1-4,6-7,9-10H,5,8H2,(H,16,18). The van der Waals surface area contributed by atoms with Crippen LogP contribution in [0.3, 0.4) is 0 Å². The Morgan fingerprint density at radius 1 is 1.11 bits per heavy atom. The van der Waals surface area contributed by atoms with Crippen LogP contribution in [-0.2, 0) is 6.42 Å². The van der Waals surface area contributed by atoms with E-state index in [0.717, 1.165) is 30.0 Å². The molecule has 1 aromatic carbocycles. The maximum atomic E-state index is 12.8. The van der Waals surface area contributed by atoms with Gasteiger partial charge in [0.25, 0.3) is 0 Å². The van der Waals surface area contributed by atoms with Crippen molar-refractivity contribution in [3.8, 4) is 0 Å². The molecule has 2 heterocycles. The summed E-state index contributed by atoms with van der Waals surface area (Å²) in [5.74, 6) is 0.611. The van der Waals surface area contributed by atoms with Gasteiger partial charge >= 0.3 is 0 Å². The maximum Gasteiger partial charge on any atom is 0.157 e. The van der Waals surface area contributed by atoms with Crippen molar-refractivity contribution in [3.05, 3.63) is 60.2 Å². The molecule has 19 heavy (non-hydrogen) atoms. The zero-order chi connectivity index (χ0) is 13.1. The van der Waals surface area contributed by atoms with Crippen LogP contribution in [-0.4, -0.2) is 21.1 Å². The van der Waals surface area contributed by atoms with Gasteiger partial charge in [0.15, 0.2) is 5.65 Å². The molecule has 0 atom stereocenters. The Kier molecular flexibility index (Phi) is 3.10. The van der Waals surface area contributed by atoms with Gasteiger partial charge in [-0.1, -0.05) is 12.1 Å². The number of hydrogen-bond acceptors (Lipinski definition) is 3. The van der Waals surface area contributed by atoms with E-state index in [1.807, 2.05) is 18.3 Å². The highest BCUT2D eigenvalue weighted by molar-refractivity contribution is 5.45. The van der Waals surface area contributed by atoms with Gasteiger partial charge in [-0.2, -0.15) is 5.10 Å². The van der Waals surface area contributed by atoms with Gasteiger partial charge in [-0.25, -0.2) is 13.9 Å². The molecule has 0 aliphatic rings. The normalized spacial score (nSPS) is 10.8. The lowest BCUT2D eigenvalue weighted by molar-refractivity contribution is 0.627. The molecular formula is C14H13FN4. The molecule has 1 N–H and O–H groups in total.